The van der Waals surface area contributed by atoms with Crippen LogP contribution in [0.1, 0.15) is 5.56 Å². The second kappa shape index (κ2) is 5.80. The van der Waals surface area contributed by atoms with E-state index in [0.29, 0.717) is 5.02 Å². The van der Waals surface area contributed by atoms with E-state index in [1.165, 1.54) is 0 Å². The van der Waals surface area contributed by atoms with E-state index in [0.717, 1.165) is 40.2 Å². The molecule has 3 rings (SSSR count). The van der Waals surface area contributed by atoms with Gasteiger partial charge in [-0.15, -0.1) is 0 Å². The van der Waals surface area contributed by atoms with Crippen molar-refractivity contribution in [1.82, 2.24) is 5.32 Å². The number of hydrogen-bond acceptors (Lipinski definition) is 3. The Balaban J connectivity index is 2.15. The molecule has 1 heterocycles. The van der Waals surface area contributed by atoms with E-state index < -0.39 is 0 Å². The summed E-state index contributed by atoms with van der Waals surface area (Å²) in [5.41, 5.74) is 2.88. The zero-order chi connectivity index (χ0) is 14.8. The lowest BCUT2D eigenvalue weighted by Crippen LogP contribution is -2.06. The van der Waals surface area contributed by atoms with Crippen LogP contribution in [0.25, 0.3) is 22.3 Å². The molecule has 0 aliphatic carbocycles. The van der Waals surface area contributed by atoms with Crippen LogP contribution in [0.4, 0.5) is 0 Å². The average molecular weight is 302 g/mol. The van der Waals surface area contributed by atoms with Crippen LogP contribution in [0.15, 0.2) is 46.9 Å². The van der Waals surface area contributed by atoms with E-state index in [1.807, 2.05) is 49.5 Å². The van der Waals surface area contributed by atoms with Crippen LogP contribution in [0, 0.1) is 0 Å². The maximum atomic E-state index is 6.18. The molecule has 0 unspecified atom stereocenters. The van der Waals surface area contributed by atoms with E-state index in [-0.39, 0.29) is 0 Å². The Hall–Kier alpha value is -1.97. The van der Waals surface area contributed by atoms with Gasteiger partial charge in [-0.3, -0.25) is 0 Å². The Kier molecular flexibility index (Phi) is 3.86. The van der Waals surface area contributed by atoms with Crippen molar-refractivity contribution in [2.75, 3.05) is 14.2 Å². The molecule has 0 fully saturated rings. The van der Waals surface area contributed by atoms with Crippen LogP contribution in [-0.2, 0) is 6.54 Å². The summed E-state index contributed by atoms with van der Waals surface area (Å²) < 4.78 is 11.2. The Morgan fingerprint density at radius 1 is 1.19 bits per heavy atom. The molecule has 108 valence electrons. The Bertz CT molecular complexity index is 780. The minimum atomic E-state index is 0.627. The zero-order valence-electron chi connectivity index (χ0n) is 11.9. The molecule has 0 aliphatic heterocycles. The van der Waals surface area contributed by atoms with Gasteiger partial charge in [0.2, 0.25) is 0 Å². The van der Waals surface area contributed by atoms with Crippen LogP contribution in [0.3, 0.4) is 0 Å². The summed E-state index contributed by atoms with van der Waals surface area (Å²) in [5.74, 6) is 1.64. The van der Waals surface area contributed by atoms with Crippen LogP contribution in [-0.4, -0.2) is 14.2 Å². The van der Waals surface area contributed by atoms with E-state index in [2.05, 4.69) is 5.32 Å². The van der Waals surface area contributed by atoms with Gasteiger partial charge in [-0.05, 0) is 42.9 Å². The van der Waals surface area contributed by atoms with Gasteiger partial charge in [-0.1, -0.05) is 23.7 Å². The van der Waals surface area contributed by atoms with Crippen molar-refractivity contribution in [3.63, 3.8) is 0 Å². The van der Waals surface area contributed by atoms with Gasteiger partial charge in [0.25, 0.3) is 0 Å². The highest BCUT2D eigenvalue weighted by atomic mass is 35.5. The molecule has 2 aromatic carbocycles. The molecule has 0 aliphatic rings. The van der Waals surface area contributed by atoms with Crippen molar-refractivity contribution < 1.29 is 9.15 Å². The first kappa shape index (κ1) is 14.0. The summed E-state index contributed by atoms with van der Waals surface area (Å²) in [7, 11) is 3.58. The summed E-state index contributed by atoms with van der Waals surface area (Å²) in [4.78, 5) is 0. The number of hydrogen-bond donors (Lipinski definition) is 1. The third-order valence-corrected chi connectivity index (χ3v) is 3.74. The SMILES string of the molecule is CNCc1cc(OC)ccc1-c1cc2cccc(Cl)c2o1. The fourth-order valence-corrected chi connectivity index (χ4v) is 2.65. The lowest BCUT2D eigenvalue weighted by atomic mass is 10.0. The molecule has 3 nitrogen and oxygen atoms in total. The zero-order valence-corrected chi connectivity index (χ0v) is 12.7. The predicted molar refractivity (Wildman–Crippen MR) is 86.0 cm³/mol. The number of fused-ring (bicyclic) bond motifs is 1. The lowest BCUT2D eigenvalue weighted by molar-refractivity contribution is 0.414. The number of halogens is 1. The number of ether oxygens (including phenoxy) is 1. The van der Waals surface area contributed by atoms with Gasteiger partial charge in [-0.25, -0.2) is 0 Å². The molecular weight excluding hydrogens is 286 g/mol. The standard InChI is InChI=1S/C17H16ClNO2/c1-19-10-12-8-13(20-2)6-7-14(12)16-9-11-4-3-5-15(18)17(11)21-16/h3-9,19H,10H2,1-2H3. The van der Waals surface area contributed by atoms with E-state index in [1.54, 1.807) is 7.11 Å². The summed E-state index contributed by atoms with van der Waals surface area (Å²) in [5, 5.41) is 4.80. The molecule has 0 saturated carbocycles. The number of nitrogens with one attached hydrogen (secondary N) is 1. The third-order valence-electron chi connectivity index (χ3n) is 3.44. The fraction of sp³-hybridized carbons (Fsp3) is 0.176. The van der Waals surface area contributed by atoms with E-state index >= 15 is 0 Å². The Labute approximate surface area is 128 Å². The van der Waals surface area contributed by atoms with Crippen LogP contribution < -0.4 is 10.1 Å². The predicted octanol–water partition coefficient (Wildman–Crippen LogP) is 4.48. The van der Waals surface area contributed by atoms with Crippen molar-refractivity contribution in [3.8, 4) is 17.1 Å². The maximum absolute atomic E-state index is 6.18. The van der Waals surface area contributed by atoms with Crippen molar-refractivity contribution in [2.24, 2.45) is 0 Å². The van der Waals surface area contributed by atoms with Gasteiger partial charge in [0, 0.05) is 17.5 Å². The van der Waals surface area contributed by atoms with Crippen molar-refractivity contribution >= 4 is 22.6 Å². The van der Waals surface area contributed by atoms with Gasteiger partial charge >= 0.3 is 0 Å². The number of methoxy groups -OCH3 is 1. The van der Waals surface area contributed by atoms with E-state index in [4.69, 9.17) is 20.8 Å². The van der Waals surface area contributed by atoms with Crippen molar-refractivity contribution in [3.05, 3.63) is 53.1 Å². The smallest absolute Gasteiger partial charge is 0.153 e. The van der Waals surface area contributed by atoms with Crippen LogP contribution >= 0.6 is 11.6 Å². The highest BCUT2D eigenvalue weighted by Crippen LogP contribution is 2.34. The molecule has 0 spiro atoms. The summed E-state index contributed by atoms with van der Waals surface area (Å²) >= 11 is 6.18. The average Bonchev–Trinajstić information content (AvgIpc) is 2.93. The highest BCUT2D eigenvalue weighted by Gasteiger charge is 2.12. The molecule has 3 aromatic rings. The minimum Gasteiger partial charge on any atom is -0.497 e. The third kappa shape index (κ3) is 2.62. The summed E-state index contributed by atoms with van der Waals surface area (Å²) in [6.45, 7) is 0.733. The van der Waals surface area contributed by atoms with E-state index in [9.17, 15) is 0 Å². The molecular formula is C17H16ClNO2. The van der Waals surface area contributed by atoms with Gasteiger partial charge in [-0.2, -0.15) is 0 Å². The summed E-state index contributed by atoms with van der Waals surface area (Å²) in [6, 6.07) is 13.7. The number of benzene rings is 2. The molecule has 0 radical (unpaired) electrons. The largest absolute Gasteiger partial charge is 0.497 e. The number of furan rings is 1. The molecule has 0 saturated heterocycles. The molecule has 0 bridgehead atoms. The maximum Gasteiger partial charge on any atom is 0.153 e. The van der Waals surface area contributed by atoms with Gasteiger partial charge < -0.3 is 14.5 Å². The Morgan fingerprint density at radius 2 is 2.05 bits per heavy atom. The van der Waals surface area contributed by atoms with Crippen molar-refractivity contribution in [1.29, 1.82) is 0 Å². The monoisotopic (exact) mass is 301 g/mol. The normalized spacial score (nSPS) is 11.0. The summed E-state index contributed by atoms with van der Waals surface area (Å²) in [6.07, 6.45) is 0. The number of para-hydroxylation sites is 1. The Morgan fingerprint density at radius 3 is 2.76 bits per heavy atom. The molecule has 21 heavy (non-hydrogen) atoms. The highest BCUT2D eigenvalue weighted by molar-refractivity contribution is 6.34. The molecule has 1 aromatic heterocycles. The van der Waals surface area contributed by atoms with Gasteiger partial charge in [0.1, 0.15) is 11.5 Å². The first-order valence-corrected chi connectivity index (χ1v) is 7.10. The molecule has 0 amide bonds. The lowest BCUT2D eigenvalue weighted by Gasteiger charge is -2.09. The topological polar surface area (TPSA) is 34.4 Å². The van der Waals surface area contributed by atoms with Gasteiger partial charge in [0.05, 0.1) is 12.1 Å². The van der Waals surface area contributed by atoms with Crippen molar-refractivity contribution in [2.45, 2.75) is 6.54 Å². The quantitative estimate of drug-likeness (QED) is 0.771. The second-order valence-electron chi connectivity index (χ2n) is 4.82. The molecule has 4 heteroatoms. The van der Waals surface area contributed by atoms with Crippen LogP contribution in [0.2, 0.25) is 5.02 Å². The fourth-order valence-electron chi connectivity index (χ4n) is 2.43. The second-order valence-corrected chi connectivity index (χ2v) is 5.23. The number of rotatable bonds is 4. The first-order chi connectivity index (χ1) is 10.2. The minimum absolute atomic E-state index is 0.627. The molecule has 1 N–H and O–H groups in total. The molecule has 0 atom stereocenters. The van der Waals surface area contributed by atoms with Gasteiger partial charge in [0.15, 0.2) is 5.58 Å². The first-order valence-electron chi connectivity index (χ1n) is 6.73. The van der Waals surface area contributed by atoms with Crippen LogP contribution in [0.5, 0.6) is 5.75 Å².